The maximum Gasteiger partial charge on any atom is 0.416 e. The van der Waals surface area contributed by atoms with Crippen LogP contribution in [-0.2, 0) is 11.6 Å². The molecule has 1 aromatic carbocycles. The fourth-order valence-corrected chi connectivity index (χ4v) is 3.52. The van der Waals surface area contributed by atoms with E-state index in [0.29, 0.717) is 29.9 Å². The Morgan fingerprint density at radius 3 is 2.48 bits per heavy atom. The monoisotopic (exact) mass is 455 g/mol. The van der Waals surface area contributed by atoms with Crippen molar-refractivity contribution < 1.29 is 22.4 Å². The van der Waals surface area contributed by atoms with E-state index in [1.54, 1.807) is 6.92 Å². The molecular weight excluding hydrogens is 438 g/mol. The van der Waals surface area contributed by atoms with Gasteiger partial charge in [-0.25, -0.2) is 4.39 Å². The zero-order valence-electron chi connectivity index (χ0n) is 17.3. The second-order valence-electron chi connectivity index (χ2n) is 7.84. The number of carbonyl (C=O) groups is 1. The Kier molecular flexibility index (Phi) is 5.57. The minimum atomic E-state index is -4.67. The SMILES string of the molecule is CC(NC(=O)c1cc(C(F)(F)F)cc(C2(C#N)CC2)c1)c1nccnc1-c1ccc(F)cn1. The molecule has 0 bridgehead atoms. The van der Waals surface area contributed by atoms with Crippen molar-refractivity contribution in [2.24, 2.45) is 0 Å². The molecular formula is C23H17F4N5O. The van der Waals surface area contributed by atoms with E-state index in [2.05, 4.69) is 26.3 Å². The Morgan fingerprint density at radius 1 is 1.15 bits per heavy atom. The summed E-state index contributed by atoms with van der Waals surface area (Å²) in [5.41, 5.74) is -1.08. The number of alkyl halides is 3. The molecule has 10 heteroatoms. The quantitative estimate of drug-likeness (QED) is 0.561. The highest BCUT2D eigenvalue weighted by atomic mass is 19.4. The van der Waals surface area contributed by atoms with Gasteiger partial charge in [0.1, 0.15) is 11.5 Å². The average Bonchev–Trinajstić information content (AvgIpc) is 3.60. The minimum absolute atomic E-state index is 0.174. The predicted octanol–water partition coefficient (Wildman–Crippen LogP) is 4.74. The molecule has 1 saturated carbocycles. The Bertz CT molecular complexity index is 1250. The minimum Gasteiger partial charge on any atom is -0.344 e. The summed E-state index contributed by atoms with van der Waals surface area (Å²) in [5.74, 6) is -1.29. The van der Waals surface area contributed by atoms with Crippen LogP contribution in [0.3, 0.4) is 0 Å². The van der Waals surface area contributed by atoms with Crippen LogP contribution >= 0.6 is 0 Å². The number of benzene rings is 1. The van der Waals surface area contributed by atoms with Gasteiger partial charge in [-0.3, -0.25) is 19.7 Å². The van der Waals surface area contributed by atoms with Crippen molar-refractivity contribution in [1.29, 1.82) is 5.26 Å². The highest BCUT2D eigenvalue weighted by Crippen LogP contribution is 2.48. The number of carbonyl (C=O) groups excluding carboxylic acids is 1. The smallest absolute Gasteiger partial charge is 0.344 e. The molecule has 0 radical (unpaired) electrons. The Labute approximate surface area is 186 Å². The summed E-state index contributed by atoms with van der Waals surface area (Å²) < 4.78 is 53.6. The number of amides is 1. The molecule has 2 heterocycles. The first kappa shape index (κ1) is 22.3. The van der Waals surface area contributed by atoms with E-state index in [9.17, 15) is 27.6 Å². The van der Waals surface area contributed by atoms with Gasteiger partial charge in [-0.05, 0) is 55.7 Å². The van der Waals surface area contributed by atoms with Gasteiger partial charge in [-0.1, -0.05) is 0 Å². The largest absolute Gasteiger partial charge is 0.416 e. The van der Waals surface area contributed by atoms with E-state index in [0.717, 1.165) is 18.3 Å². The summed E-state index contributed by atoms with van der Waals surface area (Å²) in [6.45, 7) is 1.60. The zero-order chi connectivity index (χ0) is 23.8. The van der Waals surface area contributed by atoms with Gasteiger partial charge in [-0.15, -0.1) is 0 Å². The van der Waals surface area contributed by atoms with Crippen LogP contribution in [0.2, 0.25) is 0 Å². The van der Waals surface area contributed by atoms with Crippen LogP contribution in [0.5, 0.6) is 0 Å². The summed E-state index contributed by atoms with van der Waals surface area (Å²) in [5, 5.41) is 12.0. The molecule has 0 aliphatic heterocycles. The molecule has 1 amide bonds. The molecule has 168 valence electrons. The lowest BCUT2D eigenvalue weighted by Gasteiger charge is -2.18. The van der Waals surface area contributed by atoms with Crippen molar-refractivity contribution in [1.82, 2.24) is 20.3 Å². The molecule has 0 spiro atoms. The maximum absolute atomic E-state index is 13.5. The Balaban J connectivity index is 1.65. The van der Waals surface area contributed by atoms with Crippen LogP contribution in [0, 0.1) is 17.1 Å². The first-order chi connectivity index (χ1) is 15.6. The third kappa shape index (κ3) is 4.53. The second-order valence-corrected chi connectivity index (χ2v) is 7.84. The molecule has 2 aromatic heterocycles. The standard InChI is InChI=1S/C23H17F4N5O/c1-13(19-20(30-7-6-29-19)18-3-2-17(24)11-31-18)32-21(33)14-8-15(22(12-28)4-5-22)10-16(9-14)23(25,26)27/h2-3,6-11,13H,4-5H2,1H3,(H,32,33). The normalized spacial score (nSPS) is 15.4. The summed E-state index contributed by atoms with van der Waals surface area (Å²) in [6, 6.07) is 6.94. The van der Waals surface area contributed by atoms with Crippen LogP contribution in [0.15, 0.2) is 48.9 Å². The first-order valence-corrected chi connectivity index (χ1v) is 10.0. The van der Waals surface area contributed by atoms with Gasteiger partial charge in [-0.2, -0.15) is 18.4 Å². The Morgan fingerprint density at radius 2 is 1.88 bits per heavy atom. The van der Waals surface area contributed by atoms with Crippen LogP contribution < -0.4 is 5.32 Å². The maximum atomic E-state index is 13.5. The number of hydrogen-bond donors (Lipinski definition) is 1. The number of nitrogens with one attached hydrogen (secondary N) is 1. The molecule has 1 aliphatic rings. The number of pyridine rings is 1. The van der Waals surface area contributed by atoms with Gasteiger partial charge in [0, 0.05) is 18.0 Å². The molecule has 1 aliphatic carbocycles. The summed E-state index contributed by atoms with van der Waals surface area (Å²) in [6.07, 6.45) is 0.0378. The zero-order valence-corrected chi connectivity index (χ0v) is 17.3. The molecule has 1 unspecified atom stereocenters. The lowest BCUT2D eigenvalue weighted by Crippen LogP contribution is -2.28. The predicted molar refractivity (Wildman–Crippen MR) is 109 cm³/mol. The Hall–Kier alpha value is -3.87. The van der Waals surface area contributed by atoms with Crippen LogP contribution in [-0.4, -0.2) is 20.9 Å². The van der Waals surface area contributed by atoms with Crippen molar-refractivity contribution in [2.45, 2.75) is 37.4 Å². The summed E-state index contributed by atoms with van der Waals surface area (Å²) in [4.78, 5) is 25.3. The molecule has 1 N–H and O–H groups in total. The van der Waals surface area contributed by atoms with E-state index in [1.807, 2.05) is 0 Å². The van der Waals surface area contributed by atoms with Crippen molar-refractivity contribution in [3.63, 3.8) is 0 Å². The molecule has 1 fully saturated rings. The number of nitrogens with zero attached hydrogens (tertiary/aromatic N) is 4. The molecule has 0 saturated heterocycles. The van der Waals surface area contributed by atoms with Gasteiger partial charge in [0.25, 0.3) is 5.91 Å². The van der Waals surface area contributed by atoms with Gasteiger partial charge < -0.3 is 5.32 Å². The highest BCUT2D eigenvalue weighted by molar-refractivity contribution is 5.95. The number of halogens is 4. The van der Waals surface area contributed by atoms with Gasteiger partial charge in [0.2, 0.25) is 0 Å². The lowest BCUT2D eigenvalue weighted by atomic mass is 9.93. The van der Waals surface area contributed by atoms with E-state index in [4.69, 9.17) is 0 Å². The second kappa shape index (κ2) is 8.24. The fraction of sp³-hybridized carbons (Fsp3) is 0.261. The van der Waals surface area contributed by atoms with Crippen molar-refractivity contribution in [2.75, 3.05) is 0 Å². The van der Waals surface area contributed by atoms with E-state index >= 15 is 0 Å². The van der Waals surface area contributed by atoms with Gasteiger partial charge in [0.05, 0.1) is 40.7 Å². The fourth-order valence-electron chi connectivity index (χ4n) is 3.52. The molecule has 4 rings (SSSR count). The molecule has 33 heavy (non-hydrogen) atoms. The van der Waals surface area contributed by atoms with Crippen molar-refractivity contribution in [3.05, 3.63) is 77.1 Å². The number of hydrogen-bond acceptors (Lipinski definition) is 5. The van der Waals surface area contributed by atoms with Crippen molar-refractivity contribution >= 4 is 5.91 Å². The molecule has 6 nitrogen and oxygen atoms in total. The number of rotatable bonds is 5. The first-order valence-electron chi connectivity index (χ1n) is 10.0. The van der Waals surface area contributed by atoms with E-state index in [1.165, 1.54) is 30.6 Å². The summed E-state index contributed by atoms with van der Waals surface area (Å²) in [7, 11) is 0. The van der Waals surface area contributed by atoms with Crippen LogP contribution in [0.4, 0.5) is 17.6 Å². The molecule has 3 aromatic rings. The highest BCUT2D eigenvalue weighted by Gasteiger charge is 2.46. The lowest BCUT2D eigenvalue weighted by molar-refractivity contribution is -0.137. The van der Waals surface area contributed by atoms with Gasteiger partial charge in [0.15, 0.2) is 0 Å². The molecule has 1 atom stereocenters. The third-order valence-corrected chi connectivity index (χ3v) is 5.49. The number of nitriles is 1. The van der Waals surface area contributed by atoms with Crippen LogP contribution in [0.1, 0.15) is 53.0 Å². The number of aromatic nitrogens is 3. The summed E-state index contributed by atoms with van der Waals surface area (Å²) >= 11 is 0. The van der Waals surface area contributed by atoms with Crippen LogP contribution in [0.25, 0.3) is 11.4 Å². The van der Waals surface area contributed by atoms with E-state index in [-0.39, 0.29) is 11.1 Å². The third-order valence-electron chi connectivity index (χ3n) is 5.49. The topological polar surface area (TPSA) is 91.6 Å². The van der Waals surface area contributed by atoms with Crippen molar-refractivity contribution in [3.8, 4) is 17.5 Å². The van der Waals surface area contributed by atoms with E-state index < -0.39 is 34.9 Å². The average molecular weight is 455 g/mol. The van der Waals surface area contributed by atoms with Gasteiger partial charge >= 0.3 is 6.18 Å².